The van der Waals surface area contributed by atoms with E-state index >= 15 is 0 Å². The number of hydrogen-bond donors (Lipinski definition) is 1. The van der Waals surface area contributed by atoms with Crippen molar-refractivity contribution in [3.63, 3.8) is 0 Å². The largest absolute Gasteiger partial charge is 0.352 e. The molecule has 0 aromatic heterocycles. The second-order valence-corrected chi connectivity index (χ2v) is 9.38. The number of fused-ring (bicyclic) bond motifs is 1. The predicted octanol–water partition coefficient (Wildman–Crippen LogP) is 3.13. The number of rotatable bonds is 5. The first-order valence-electron chi connectivity index (χ1n) is 9.25. The second-order valence-electron chi connectivity index (χ2n) is 7.44. The third-order valence-corrected chi connectivity index (χ3v) is 6.70. The van der Waals surface area contributed by atoms with Gasteiger partial charge in [-0.3, -0.25) is 4.79 Å². The van der Waals surface area contributed by atoms with E-state index in [0.29, 0.717) is 37.5 Å². The van der Waals surface area contributed by atoms with E-state index in [1.807, 2.05) is 45.0 Å². The number of carbonyl (C=O) groups is 1. The molecule has 1 amide bonds. The molecule has 0 bridgehead atoms. The molecule has 1 aliphatic rings. The lowest BCUT2D eigenvalue weighted by Crippen LogP contribution is -2.36. The van der Waals surface area contributed by atoms with Crippen molar-refractivity contribution in [2.24, 2.45) is 5.92 Å². The number of carbonyl (C=O) groups excluding carboxylic acids is 1. The van der Waals surface area contributed by atoms with Gasteiger partial charge in [0.2, 0.25) is 10.0 Å². The number of nitrogens with zero attached hydrogens (tertiary/aromatic N) is 1. The van der Waals surface area contributed by atoms with Gasteiger partial charge in [-0.25, -0.2) is 8.42 Å². The molecule has 5 nitrogen and oxygen atoms in total. The molecule has 0 spiro atoms. The molecule has 0 saturated heterocycles. The molecule has 0 saturated carbocycles. The van der Waals surface area contributed by atoms with Crippen LogP contribution in [0.3, 0.4) is 0 Å². The van der Waals surface area contributed by atoms with Crippen LogP contribution in [-0.2, 0) is 23.0 Å². The monoisotopic (exact) mass is 386 g/mol. The van der Waals surface area contributed by atoms with E-state index in [0.717, 1.165) is 11.1 Å². The molecule has 27 heavy (non-hydrogen) atoms. The van der Waals surface area contributed by atoms with Crippen molar-refractivity contribution < 1.29 is 13.2 Å². The van der Waals surface area contributed by atoms with Gasteiger partial charge in [-0.2, -0.15) is 4.31 Å². The highest BCUT2D eigenvalue weighted by molar-refractivity contribution is 7.89. The Labute approximate surface area is 161 Å². The van der Waals surface area contributed by atoms with Gasteiger partial charge in [-0.15, -0.1) is 0 Å². The van der Waals surface area contributed by atoms with E-state index in [1.165, 1.54) is 15.9 Å². The minimum absolute atomic E-state index is 0.169. The quantitative estimate of drug-likeness (QED) is 0.859. The van der Waals surface area contributed by atoms with Gasteiger partial charge >= 0.3 is 0 Å². The molecule has 1 N–H and O–H groups in total. The van der Waals surface area contributed by atoms with Gasteiger partial charge in [0.25, 0.3) is 5.91 Å². The molecule has 3 rings (SSSR count). The molecular weight excluding hydrogens is 360 g/mol. The zero-order valence-electron chi connectivity index (χ0n) is 16.0. The summed E-state index contributed by atoms with van der Waals surface area (Å²) in [6, 6.07) is 12.7. The van der Waals surface area contributed by atoms with E-state index in [4.69, 9.17) is 0 Å². The van der Waals surface area contributed by atoms with Gasteiger partial charge in [0.15, 0.2) is 0 Å². The van der Waals surface area contributed by atoms with Crippen molar-refractivity contribution in [1.82, 2.24) is 9.62 Å². The molecule has 0 unspecified atom stereocenters. The lowest BCUT2D eigenvalue weighted by Gasteiger charge is -2.28. The lowest BCUT2D eigenvalue weighted by molar-refractivity contribution is 0.0948. The predicted molar refractivity (Wildman–Crippen MR) is 106 cm³/mol. The molecule has 1 heterocycles. The van der Waals surface area contributed by atoms with Crippen LogP contribution >= 0.6 is 0 Å². The number of amides is 1. The molecule has 2 aromatic rings. The molecule has 0 radical (unpaired) electrons. The van der Waals surface area contributed by atoms with E-state index in [9.17, 15) is 13.2 Å². The van der Waals surface area contributed by atoms with Gasteiger partial charge in [0.05, 0.1) is 4.90 Å². The Morgan fingerprint density at radius 1 is 1.15 bits per heavy atom. The fraction of sp³-hybridized carbons (Fsp3) is 0.381. The van der Waals surface area contributed by atoms with Crippen LogP contribution in [0.2, 0.25) is 0 Å². The Morgan fingerprint density at radius 2 is 1.85 bits per heavy atom. The fourth-order valence-electron chi connectivity index (χ4n) is 3.22. The standard InChI is InChI=1S/C21H26N2O3S/c1-15(2)13-22-21(24)20-12-19(9-8-16(20)3)27(25,26)23-11-10-17-6-4-5-7-18(17)14-23/h4-9,12,15H,10-11,13-14H2,1-3H3,(H,22,24). The molecule has 2 aromatic carbocycles. The first kappa shape index (κ1) is 19.6. The smallest absolute Gasteiger partial charge is 0.251 e. The SMILES string of the molecule is Cc1ccc(S(=O)(=O)N2CCc3ccccc3C2)cc1C(=O)NCC(C)C. The van der Waals surface area contributed by atoms with Crippen LogP contribution in [-0.4, -0.2) is 31.7 Å². The van der Waals surface area contributed by atoms with Crippen molar-refractivity contribution in [2.45, 2.75) is 38.6 Å². The Kier molecular flexibility index (Phi) is 5.67. The summed E-state index contributed by atoms with van der Waals surface area (Å²) < 4.78 is 27.8. The maximum absolute atomic E-state index is 13.1. The van der Waals surface area contributed by atoms with Gasteiger partial charge < -0.3 is 5.32 Å². The molecule has 144 valence electrons. The normalized spacial score (nSPS) is 14.8. The third-order valence-electron chi connectivity index (χ3n) is 4.86. The Hall–Kier alpha value is -2.18. The molecule has 6 heteroatoms. The van der Waals surface area contributed by atoms with Crippen LogP contribution in [0.25, 0.3) is 0 Å². The summed E-state index contributed by atoms with van der Waals surface area (Å²) >= 11 is 0. The third kappa shape index (κ3) is 4.22. The first-order valence-corrected chi connectivity index (χ1v) is 10.7. The highest BCUT2D eigenvalue weighted by Gasteiger charge is 2.29. The van der Waals surface area contributed by atoms with E-state index in [2.05, 4.69) is 5.32 Å². The van der Waals surface area contributed by atoms with Crippen LogP contribution in [0.5, 0.6) is 0 Å². The van der Waals surface area contributed by atoms with Gasteiger partial charge in [-0.05, 0) is 48.1 Å². The molecule has 0 fully saturated rings. The number of nitrogens with one attached hydrogen (secondary N) is 1. The summed E-state index contributed by atoms with van der Waals surface area (Å²) in [6.07, 6.45) is 0.697. The van der Waals surface area contributed by atoms with E-state index < -0.39 is 10.0 Å². The number of aryl methyl sites for hydroxylation is 1. The summed E-state index contributed by atoms with van der Waals surface area (Å²) in [4.78, 5) is 12.6. The highest BCUT2D eigenvalue weighted by atomic mass is 32.2. The second kappa shape index (κ2) is 7.82. The zero-order valence-corrected chi connectivity index (χ0v) is 16.8. The number of benzene rings is 2. The van der Waals surface area contributed by atoms with Crippen molar-refractivity contribution in [1.29, 1.82) is 0 Å². The van der Waals surface area contributed by atoms with Crippen LogP contribution in [0.4, 0.5) is 0 Å². The van der Waals surface area contributed by atoms with Crippen molar-refractivity contribution in [2.75, 3.05) is 13.1 Å². The molecular formula is C21H26N2O3S. The lowest BCUT2D eigenvalue weighted by atomic mass is 10.0. The van der Waals surface area contributed by atoms with Crippen molar-refractivity contribution >= 4 is 15.9 Å². The summed E-state index contributed by atoms with van der Waals surface area (Å²) in [7, 11) is -3.66. The number of sulfonamides is 1. The van der Waals surface area contributed by atoms with Gasteiger partial charge in [-0.1, -0.05) is 44.2 Å². The minimum atomic E-state index is -3.66. The minimum Gasteiger partial charge on any atom is -0.352 e. The molecule has 0 atom stereocenters. The summed E-state index contributed by atoms with van der Waals surface area (Å²) in [5.74, 6) is 0.0943. The number of hydrogen-bond acceptors (Lipinski definition) is 3. The maximum Gasteiger partial charge on any atom is 0.251 e. The highest BCUT2D eigenvalue weighted by Crippen LogP contribution is 2.26. The van der Waals surface area contributed by atoms with Gasteiger partial charge in [0, 0.05) is 25.2 Å². The molecule has 0 aliphatic carbocycles. The average Bonchev–Trinajstić information content (AvgIpc) is 2.65. The van der Waals surface area contributed by atoms with Crippen LogP contribution in [0.1, 0.15) is 40.9 Å². The van der Waals surface area contributed by atoms with Crippen LogP contribution in [0.15, 0.2) is 47.4 Å². The zero-order chi connectivity index (χ0) is 19.6. The Morgan fingerprint density at radius 3 is 2.56 bits per heavy atom. The fourth-order valence-corrected chi connectivity index (χ4v) is 4.67. The Balaban J connectivity index is 1.87. The topological polar surface area (TPSA) is 66.5 Å². The van der Waals surface area contributed by atoms with Crippen LogP contribution < -0.4 is 5.32 Å². The maximum atomic E-state index is 13.1. The Bertz CT molecular complexity index is 952. The average molecular weight is 387 g/mol. The van der Waals surface area contributed by atoms with Crippen LogP contribution in [0, 0.1) is 12.8 Å². The van der Waals surface area contributed by atoms with Crippen molar-refractivity contribution in [3.05, 3.63) is 64.7 Å². The summed E-state index contributed by atoms with van der Waals surface area (Å²) in [6.45, 7) is 7.21. The van der Waals surface area contributed by atoms with E-state index in [-0.39, 0.29) is 10.8 Å². The first-order chi connectivity index (χ1) is 12.8. The van der Waals surface area contributed by atoms with Gasteiger partial charge in [0.1, 0.15) is 0 Å². The summed E-state index contributed by atoms with van der Waals surface area (Å²) in [5.41, 5.74) is 3.41. The molecule has 1 aliphatic heterocycles. The van der Waals surface area contributed by atoms with Crippen molar-refractivity contribution in [3.8, 4) is 0 Å². The summed E-state index contributed by atoms with van der Waals surface area (Å²) in [5, 5.41) is 2.86. The van der Waals surface area contributed by atoms with E-state index in [1.54, 1.807) is 12.1 Å².